The summed E-state index contributed by atoms with van der Waals surface area (Å²) in [4.78, 5) is 8.62. The fraction of sp³-hybridized carbons (Fsp3) is 0.667. The summed E-state index contributed by atoms with van der Waals surface area (Å²) in [5, 5.41) is 3.53. The van der Waals surface area contributed by atoms with E-state index in [1.165, 1.54) is 5.56 Å². The largest absolute Gasteiger partial charge is 0.308 e. The second-order valence-electron chi connectivity index (χ2n) is 4.16. The van der Waals surface area contributed by atoms with Gasteiger partial charge < -0.3 is 5.32 Å². The SMILES string of the molecule is CCC(C)NC(C)c1cnc(C)nc1C. The lowest BCUT2D eigenvalue weighted by atomic mass is 10.1. The Kier molecular flexibility index (Phi) is 4.21. The first kappa shape index (κ1) is 12.1. The van der Waals surface area contributed by atoms with Crippen molar-refractivity contribution in [2.75, 3.05) is 0 Å². The van der Waals surface area contributed by atoms with Crippen LogP contribution in [0.2, 0.25) is 0 Å². The van der Waals surface area contributed by atoms with E-state index in [1.807, 2.05) is 20.0 Å². The molecule has 0 saturated heterocycles. The summed E-state index contributed by atoms with van der Waals surface area (Å²) in [5.74, 6) is 0.840. The monoisotopic (exact) mass is 207 g/mol. The van der Waals surface area contributed by atoms with Crippen molar-refractivity contribution in [1.29, 1.82) is 0 Å². The van der Waals surface area contributed by atoms with Gasteiger partial charge in [0.05, 0.1) is 0 Å². The van der Waals surface area contributed by atoms with Gasteiger partial charge in [-0.3, -0.25) is 0 Å². The van der Waals surface area contributed by atoms with Crippen molar-refractivity contribution in [3.63, 3.8) is 0 Å². The highest BCUT2D eigenvalue weighted by Crippen LogP contribution is 2.15. The van der Waals surface area contributed by atoms with Crippen LogP contribution in [0.15, 0.2) is 6.20 Å². The van der Waals surface area contributed by atoms with Gasteiger partial charge in [-0.15, -0.1) is 0 Å². The van der Waals surface area contributed by atoms with E-state index >= 15 is 0 Å². The number of aromatic nitrogens is 2. The van der Waals surface area contributed by atoms with Crippen LogP contribution in [-0.2, 0) is 0 Å². The molecule has 0 aliphatic rings. The molecule has 1 heterocycles. The Labute approximate surface area is 92.3 Å². The molecular weight excluding hydrogens is 186 g/mol. The molecule has 3 nitrogen and oxygen atoms in total. The van der Waals surface area contributed by atoms with Gasteiger partial charge in [0.15, 0.2) is 0 Å². The lowest BCUT2D eigenvalue weighted by Gasteiger charge is -2.20. The number of rotatable bonds is 4. The van der Waals surface area contributed by atoms with Crippen LogP contribution < -0.4 is 5.32 Å². The van der Waals surface area contributed by atoms with Gasteiger partial charge in [-0.05, 0) is 34.1 Å². The van der Waals surface area contributed by atoms with Gasteiger partial charge in [0.2, 0.25) is 0 Å². The minimum Gasteiger partial charge on any atom is -0.308 e. The van der Waals surface area contributed by atoms with E-state index in [4.69, 9.17) is 0 Å². The summed E-state index contributed by atoms with van der Waals surface area (Å²) in [7, 11) is 0. The van der Waals surface area contributed by atoms with E-state index in [9.17, 15) is 0 Å². The first-order valence-electron chi connectivity index (χ1n) is 5.60. The molecule has 84 valence electrons. The molecule has 0 amide bonds. The van der Waals surface area contributed by atoms with E-state index in [0.717, 1.165) is 17.9 Å². The first-order chi connectivity index (χ1) is 7.04. The standard InChI is InChI=1S/C12H21N3/c1-6-8(2)14-9(3)12-7-13-11(5)15-10(12)4/h7-9,14H,6H2,1-5H3. The van der Waals surface area contributed by atoms with Gasteiger partial charge in [-0.2, -0.15) is 0 Å². The molecule has 0 fully saturated rings. The van der Waals surface area contributed by atoms with Crippen LogP contribution in [0, 0.1) is 13.8 Å². The van der Waals surface area contributed by atoms with Crippen molar-refractivity contribution >= 4 is 0 Å². The molecule has 0 saturated carbocycles. The number of nitrogens with zero attached hydrogens (tertiary/aromatic N) is 2. The Morgan fingerprint density at radius 2 is 2.00 bits per heavy atom. The van der Waals surface area contributed by atoms with Crippen LogP contribution in [0.1, 0.15) is 50.3 Å². The molecule has 15 heavy (non-hydrogen) atoms. The van der Waals surface area contributed by atoms with Crippen LogP contribution in [0.25, 0.3) is 0 Å². The van der Waals surface area contributed by atoms with Gasteiger partial charge >= 0.3 is 0 Å². The quantitative estimate of drug-likeness (QED) is 0.824. The summed E-state index contributed by atoms with van der Waals surface area (Å²) in [6, 6.07) is 0.848. The molecule has 1 aromatic rings. The van der Waals surface area contributed by atoms with Crippen LogP contribution in [-0.4, -0.2) is 16.0 Å². The van der Waals surface area contributed by atoms with Crippen LogP contribution in [0.3, 0.4) is 0 Å². The second kappa shape index (κ2) is 5.21. The Bertz CT molecular complexity index is 323. The van der Waals surface area contributed by atoms with Crippen molar-refractivity contribution in [2.24, 2.45) is 0 Å². The molecule has 0 aromatic carbocycles. The molecule has 1 aromatic heterocycles. The fourth-order valence-corrected chi connectivity index (χ4v) is 1.65. The topological polar surface area (TPSA) is 37.8 Å². The Balaban J connectivity index is 2.77. The molecule has 0 radical (unpaired) electrons. The molecule has 1 rings (SSSR count). The molecule has 0 aliphatic carbocycles. The maximum absolute atomic E-state index is 4.38. The van der Waals surface area contributed by atoms with Crippen LogP contribution in [0.5, 0.6) is 0 Å². The average molecular weight is 207 g/mol. The third-order valence-corrected chi connectivity index (χ3v) is 2.75. The number of aryl methyl sites for hydroxylation is 2. The van der Waals surface area contributed by atoms with Crippen molar-refractivity contribution < 1.29 is 0 Å². The van der Waals surface area contributed by atoms with E-state index in [1.54, 1.807) is 0 Å². The highest BCUT2D eigenvalue weighted by molar-refractivity contribution is 5.19. The van der Waals surface area contributed by atoms with Gasteiger partial charge in [-0.25, -0.2) is 9.97 Å². The zero-order valence-electron chi connectivity index (χ0n) is 10.3. The lowest BCUT2D eigenvalue weighted by molar-refractivity contribution is 0.466. The molecule has 0 aliphatic heterocycles. The lowest BCUT2D eigenvalue weighted by Crippen LogP contribution is -2.28. The maximum Gasteiger partial charge on any atom is 0.125 e. The van der Waals surface area contributed by atoms with Crippen LogP contribution in [0.4, 0.5) is 0 Å². The smallest absolute Gasteiger partial charge is 0.125 e. The summed E-state index contributed by atoms with van der Waals surface area (Å²) in [5.41, 5.74) is 2.27. The van der Waals surface area contributed by atoms with E-state index in [2.05, 4.69) is 36.1 Å². The van der Waals surface area contributed by atoms with Crippen molar-refractivity contribution in [3.8, 4) is 0 Å². The number of hydrogen-bond acceptors (Lipinski definition) is 3. The zero-order chi connectivity index (χ0) is 11.4. The predicted octanol–water partition coefficient (Wildman–Crippen LogP) is 2.54. The van der Waals surface area contributed by atoms with E-state index < -0.39 is 0 Å². The van der Waals surface area contributed by atoms with Crippen LogP contribution >= 0.6 is 0 Å². The predicted molar refractivity (Wildman–Crippen MR) is 62.8 cm³/mol. The molecular formula is C12H21N3. The van der Waals surface area contributed by atoms with Crippen molar-refractivity contribution in [1.82, 2.24) is 15.3 Å². The summed E-state index contributed by atoms with van der Waals surface area (Å²) >= 11 is 0. The highest BCUT2D eigenvalue weighted by Gasteiger charge is 2.11. The summed E-state index contributed by atoms with van der Waals surface area (Å²) in [6.07, 6.45) is 3.06. The van der Waals surface area contributed by atoms with E-state index in [-0.39, 0.29) is 0 Å². The summed E-state index contributed by atoms with van der Waals surface area (Å²) < 4.78 is 0. The van der Waals surface area contributed by atoms with Gasteiger partial charge in [-0.1, -0.05) is 6.92 Å². The Morgan fingerprint density at radius 3 is 2.53 bits per heavy atom. The normalized spacial score (nSPS) is 15.0. The highest BCUT2D eigenvalue weighted by atomic mass is 15.0. The zero-order valence-corrected chi connectivity index (χ0v) is 10.3. The molecule has 3 heteroatoms. The minimum atomic E-state index is 0.320. The molecule has 0 bridgehead atoms. The average Bonchev–Trinajstić information content (AvgIpc) is 2.17. The summed E-state index contributed by atoms with van der Waals surface area (Å²) in [6.45, 7) is 10.5. The van der Waals surface area contributed by atoms with Crippen molar-refractivity contribution in [2.45, 2.75) is 53.1 Å². The second-order valence-corrected chi connectivity index (χ2v) is 4.16. The molecule has 0 spiro atoms. The third-order valence-electron chi connectivity index (χ3n) is 2.75. The van der Waals surface area contributed by atoms with Gasteiger partial charge in [0, 0.05) is 29.5 Å². The molecule has 1 N–H and O–H groups in total. The minimum absolute atomic E-state index is 0.320. The van der Waals surface area contributed by atoms with Gasteiger partial charge in [0.25, 0.3) is 0 Å². The van der Waals surface area contributed by atoms with E-state index in [0.29, 0.717) is 12.1 Å². The number of nitrogens with one attached hydrogen (secondary N) is 1. The molecule has 2 atom stereocenters. The first-order valence-corrected chi connectivity index (χ1v) is 5.60. The molecule has 2 unspecified atom stereocenters. The fourth-order valence-electron chi connectivity index (χ4n) is 1.65. The Hall–Kier alpha value is -0.960. The van der Waals surface area contributed by atoms with Crippen molar-refractivity contribution in [3.05, 3.63) is 23.3 Å². The number of hydrogen-bond donors (Lipinski definition) is 1. The van der Waals surface area contributed by atoms with Gasteiger partial charge in [0.1, 0.15) is 5.82 Å². The third kappa shape index (κ3) is 3.27. The maximum atomic E-state index is 4.38. The Morgan fingerprint density at radius 1 is 1.33 bits per heavy atom.